The van der Waals surface area contributed by atoms with Gasteiger partial charge in [-0.15, -0.1) is 0 Å². The van der Waals surface area contributed by atoms with Crippen molar-refractivity contribution >= 4 is 31.9 Å². The van der Waals surface area contributed by atoms with Crippen LogP contribution < -0.4 is 4.74 Å². The molecule has 1 unspecified atom stereocenters. The van der Waals surface area contributed by atoms with E-state index in [9.17, 15) is 0 Å². The van der Waals surface area contributed by atoms with Gasteiger partial charge in [0.2, 0.25) is 0 Å². The van der Waals surface area contributed by atoms with E-state index in [1.807, 2.05) is 6.07 Å². The van der Waals surface area contributed by atoms with Gasteiger partial charge in [0.25, 0.3) is 0 Å². The highest BCUT2D eigenvalue weighted by atomic mass is 79.9. The van der Waals surface area contributed by atoms with Gasteiger partial charge in [-0.3, -0.25) is 0 Å². The van der Waals surface area contributed by atoms with Gasteiger partial charge in [0.05, 0.1) is 15.9 Å². The fourth-order valence-electron chi connectivity index (χ4n) is 2.29. The van der Waals surface area contributed by atoms with Crippen LogP contribution in [0, 0.1) is 13.8 Å². The topological polar surface area (TPSA) is 9.23 Å². The lowest BCUT2D eigenvalue weighted by Gasteiger charge is -2.16. The highest BCUT2D eigenvalue weighted by Crippen LogP contribution is 2.36. The quantitative estimate of drug-likeness (QED) is 0.521. The maximum absolute atomic E-state index is 5.70. The Morgan fingerprint density at radius 3 is 2.48 bits per heavy atom. The second-order valence-electron chi connectivity index (χ2n) is 5.26. The van der Waals surface area contributed by atoms with E-state index in [-0.39, 0.29) is 4.83 Å². The molecule has 1 nitrogen and oxygen atoms in total. The summed E-state index contributed by atoms with van der Waals surface area (Å²) in [5.41, 5.74) is 5.12. The van der Waals surface area contributed by atoms with Crippen LogP contribution in [0.25, 0.3) is 0 Å². The lowest BCUT2D eigenvalue weighted by atomic mass is 9.99. The molecule has 1 atom stereocenters. The third-order valence-corrected chi connectivity index (χ3v) is 5.05. The van der Waals surface area contributed by atoms with Crippen LogP contribution in [-0.2, 0) is 0 Å². The third kappa shape index (κ3) is 4.10. The van der Waals surface area contributed by atoms with Gasteiger partial charge in [-0.1, -0.05) is 52.7 Å². The number of ether oxygens (including phenoxy) is 1. The molecule has 0 aliphatic heterocycles. The molecule has 21 heavy (non-hydrogen) atoms. The van der Waals surface area contributed by atoms with Gasteiger partial charge in [-0.25, -0.2) is 0 Å². The maximum atomic E-state index is 5.70. The van der Waals surface area contributed by atoms with Crippen molar-refractivity contribution in [2.75, 3.05) is 6.61 Å². The Balaban J connectivity index is 2.27. The average molecular weight is 412 g/mol. The van der Waals surface area contributed by atoms with Crippen molar-refractivity contribution in [3.63, 3.8) is 0 Å². The van der Waals surface area contributed by atoms with Crippen molar-refractivity contribution in [3.05, 3.63) is 63.1 Å². The summed E-state index contributed by atoms with van der Waals surface area (Å²) in [6.07, 6.45) is 1.01. The molecule has 0 heterocycles. The molecule has 3 heteroatoms. The molecule has 0 saturated heterocycles. The van der Waals surface area contributed by atoms with E-state index in [1.54, 1.807) is 0 Å². The summed E-state index contributed by atoms with van der Waals surface area (Å²) in [4.78, 5) is 0.189. The Hall–Kier alpha value is -0.800. The van der Waals surface area contributed by atoms with Gasteiger partial charge in [0.15, 0.2) is 0 Å². The second kappa shape index (κ2) is 7.46. The molecule has 0 amide bonds. The van der Waals surface area contributed by atoms with Crippen LogP contribution in [0.3, 0.4) is 0 Å². The Labute approximate surface area is 144 Å². The van der Waals surface area contributed by atoms with Crippen molar-refractivity contribution in [2.45, 2.75) is 32.0 Å². The molecule has 0 bridgehead atoms. The summed E-state index contributed by atoms with van der Waals surface area (Å²) >= 11 is 7.42. The number of halogens is 2. The summed E-state index contributed by atoms with van der Waals surface area (Å²) in [6, 6.07) is 12.9. The Morgan fingerprint density at radius 2 is 1.86 bits per heavy atom. The molecule has 0 spiro atoms. The van der Waals surface area contributed by atoms with Gasteiger partial charge < -0.3 is 4.74 Å². The van der Waals surface area contributed by atoms with Crippen LogP contribution in [0.15, 0.2) is 40.9 Å². The summed E-state index contributed by atoms with van der Waals surface area (Å²) in [7, 11) is 0. The van der Waals surface area contributed by atoms with Crippen molar-refractivity contribution in [3.8, 4) is 5.75 Å². The zero-order valence-electron chi connectivity index (χ0n) is 12.6. The minimum Gasteiger partial charge on any atom is -0.492 e. The summed E-state index contributed by atoms with van der Waals surface area (Å²) in [5, 5.41) is 0. The monoisotopic (exact) mass is 410 g/mol. The van der Waals surface area contributed by atoms with Crippen LogP contribution >= 0.6 is 31.9 Å². The Morgan fingerprint density at radius 1 is 1.10 bits per heavy atom. The first-order chi connectivity index (χ1) is 10.0. The first-order valence-electron chi connectivity index (χ1n) is 7.16. The number of rotatable bonds is 5. The van der Waals surface area contributed by atoms with Crippen molar-refractivity contribution in [2.24, 2.45) is 0 Å². The third-order valence-electron chi connectivity index (χ3n) is 3.41. The molecule has 0 radical (unpaired) electrons. The van der Waals surface area contributed by atoms with Crippen molar-refractivity contribution in [1.29, 1.82) is 0 Å². The molecule has 0 N–H and O–H groups in total. The summed E-state index contributed by atoms with van der Waals surface area (Å²) in [5.74, 6) is 0.904. The van der Waals surface area contributed by atoms with Crippen LogP contribution in [0.1, 0.15) is 40.4 Å². The molecule has 0 aliphatic rings. The zero-order valence-corrected chi connectivity index (χ0v) is 15.8. The van der Waals surface area contributed by atoms with E-state index >= 15 is 0 Å². The largest absolute Gasteiger partial charge is 0.492 e. The van der Waals surface area contributed by atoms with E-state index in [4.69, 9.17) is 4.74 Å². The Bertz CT molecular complexity index is 623. The van der Waals surface area contributed by atoms with Crippen LogP contribution in [0.4, 0.5) is 0 Å². The molecule has 0 aromatic heterocycles. The number of hydrogen-bond donors (Lipinski definition) is 0. The lowest BCUT2D eigenvalue weighted by molar-refractivity contribution is 0.315. The molecule has 2 rings (SSSR count). The zero-order chi connectivity index (χ0) is 15.4. The van der Waals surface area contributed by atoms with Gasteiger partial charge in [-0.05, 0) is 65.0 Å². The molecule has 0 aliphatic carbocycles. The molecular formula is C18H20Br2O. The number of aryl methyl sites for hydroxylation is 2. The minimum absolute atomic E-state index is 0.189. The molecule has 112 valence electrons. The van der Waals surface area contributed by atoms with Gasteiger partial charge in [0, 0.05) is 0 Å². The first-order valence-corrected chi connectivity index (χ1v) is 8.87. The highest BCUT2D eigenvalue weighted by molar-refractivity contribution is 9.10. The molecule has 0 saturated carbocycles. The van der Waals surface area contributed by atoms with Crippen LogP contribution in [0.2, 0.25) is 0 Å². The summed E-state index contributed by atoms with van der Waals surface area (Å²) in [6.45, 7) is 7.13. The summed E-state index contributed by atoms with van der Waals surface area (Å²) < 4.78 is 6.71. The standard InChI is InChI=1S/C18H20Br2O/c1-4-9-21-17-8-6-14(11-16(17)19)18(20)15-7-5-12(2)10-13(15)3/h5-8,10-11,18H,4,9H2,1-3H3. The SMILES string of the molecule is CCCOc1ccc(C(Br)c2ccc(C)cc2C)cc1Br. The number of alkyl halides is 1. The fourth-order valence-corrected chi connectivity index (χ4v) is 3.60. The molecule has 2 aromatic rings. The Kier molecular flexibility index (Phi) is 5.88. The van der Waals surface area contributed by atoms with Crippen molar-refractivity contribution < 1.29 is 4.74 Å². The lowest BCUT2D eigenvalue weighted by Crippen LogP contribution is -1.99. The second-order valence-corrected chi connectivity index (χ2v) is 7.03. The van der Waals surface area contributed by atoms with Gasteiger partial charge in [0.1, 0.15) is 5.75 Å². The van der Waals surface area contributed by atoms with E-state index in [2.05, 4.69) is 83.0 Å². The number of hydrogen-bond acceptors (Lipinski definition) is 1. The van der Waals surface area contributed by atoms with Crippen LogP contribution in [-0.4, -0.2) is 6.61 Å². The number of benzene rings is 2. The van der Waals surface area contributed by atoms with Gasteiger partial charge in [-0.2, -0.15) is 0 Å². The molecule has 0 fully saturated rings. The maximum Gasteiger partial charge on any atom is 0.133 e. The average Bonchev–Trinajstić information content (AvgIpc) is 2.45. The van der Waals surface area contributed by atoms with E-state index in [0.717, 1.165) is 23.2 Å². The smallest absolute Gasteiger partial charge is 0.133 e. The van der Waals surface area contributed by atoms with Crippen molar-refractivity contribution in [1.82, 2.24) is 0 Å². The van der Waals surface area contributed by atoms with Crippen LogP contribution in [0.5, 0.6) is 5.75 Å². The van der Waals surface area contributed by atoms with Gasteiger partial charge >= 0.3 is 0 Å². The molecular weight excluding hydrogens is 392 g/mol. The fraction of sp³-hybridized carbons (Fsp3) is 0.333. The van der Waals surface area contributed by atoms with E-state index in [1.165, 1.54) is 22.3 Å². The first kappa shape index (κ1) is 16.6. The predicted octanol–water partition coefficient (Wildman–Crippen LogP) is 6.34. The predicted molar refractivity (Wildman–Crippen MR) is 96.6 cm³/mol. The highest BCUT2D eigenvalue weighted by Gasteiger charge is 2.14. The molecule has 2 aromatic carbocycles. The van der Waals surface area contributed by atoms with E-state index < -0.39 is 0 Å². The van der Waals surface area contributed by atoms with E-state index in [0.29, 0.717) is 0 Å². The minimum atomic E-state index is 0.189. The normalized spacial score (nSPS) is 12.2.